The molecule has 31 heavy (non-hydrogen) atoms. The van der Waals surface area contributed by atoms with Crippen LogP contribution in [0, 0.1) is 6.92 Å². The van der Waals surface area contributed by atoms with Gasteiger partial charge in [-0.2, -0.15) is 13.2 Å². The maximum absolute atomic E-state index is 13.3. The summed E-state index contributed by atoms with van der Waals surface area (Å²) in [5.74, 6) is -0.910. The van der Waals surface area contributed by atoms with Gasteiger partial charge in [-0.05, 0) is 49.4 Å². The van der Waals surface area contributed by atoms with Crippen LogP contribution in [0.15, 0.2) is 54.2 Å². The van der Waals surface area contributed by atoms with Gasteiger partial charge in [0.25, 0.3) is 11.8 Å². The molecule has 0 aliphatic carbocycles. The van der Waals surface area contributed by atoms with Gasteiger partial charge < -0.3 is 4.90 Å². The van der Waals surface area contributed by atoms with Gasteiger partial charge in [0.05, 0.1) is 17.7 Å². The largest absolute Gasteiger partial charge is 0.416 e. The second kappa shape index (κ2) is 8.21. The van der Waals surface area contributed by atoms with Gasteiger partial charge in [0.15, 0.2) is 0 Å². The SMILES string of the molecule is Cc1ccc(C2=C(N3CCCCC3)C(=O)N(Cc3cccc(C(F)(F)F)c3)C2=O)cc1. The van der Waals surface area contributed by atoms with E-state index in [1.807, 2.05) is 36.1 Å². The summed E-state index contributed by atoms with van der Waals surface area (Å²) in [7, 11) is 0. The van der Waals surface area contributed by atoms with E-state index in [1.54, 1.807) is 0 Å². The number of hydrogen-bond donors (Lipinski definition) is 0. The zero-order valence-electron chi connectivity index (χ0n) is 17.2. The van der Waals surface area contributed by atoms with E-state index in [1.165, 1.54) is 12.1 Å². The summed E-state index contributed by atoms with van der Waals surface area (Å²) in [4.78, 5) is 29.7. The Balaban J connectivity index is 1.70. The van der Waals surface area contributed by atoms with Gasteiger partial charge in [0.2, 0.25) is 0 Å². The molecule has 2 amide bonds. The second-order valence-electron chi connectivity index (χ2n) is 8.03. The molecule has 7 heteroatoms. The van der Waals surface area contributed by atoms with Gasteiger partial charge in [-0.1, -0.05) is 42.0 Å². The normalized spacial score (nSPS) is 17.7. The third-order valence-electron chi connectivity index (χ3n) is 5.75. The molecule has 0 saturated carbocycles. The number of likely N-dealkylation sites (tertiary alicyclic amines) is 1. The lowest BCUT2D eigenvalue weighted by atomic mass is 10.0. The molecule has 0 radical (unpaired) electrons. The molecule has 162 valence electrons. The lowest BCUT2D eigenvalue weighted by Gasteiger charge is -2.29. The number of hydrogen-bond acceptors (Lipinski definition) is 3. The van der Waals surface area contributed by atoms with Crippen LogP contribution in [0.25, 0.3) is 5.57 Å². The average molecular weight is 428 g/mol. The Morgan fingerprint density at radius 3 is 2.23 bits per heavy atom. The molecule has 4 rings (SSSR count). The number of nitrogens with zero attached hydrogens (tertiary/aromatic N) is 2. The van der Waals surface area contributed by atoms with Crippen LogP contribution < -0.4 is 0 Å². The molecular formula is C24H23F3N2O2. The van der Waals surface area contributed by atoms with E-state index in [0.717, 1.165) is 41.9 Å². The summed E-state index contributed by atoms with van der Waals surface area (Å²) < 4.78 is 39.3. The Labute approximate surface area is 179 Å². The topological polar surface area (TPSA) is 40.6 Å². The van der Waals surface area contributed by atoms with Gasteiger partial charge in [-0.15, -0.1) is 0 Å². The fourth-order valence-corrected chi connectivity index (χ4v) is 4.13. The smallest absolute Gasteiger partial charge is 0.366 e. The molecule has 2 aliphatic heterocycles. The molecule has 4 nitrogen and oxygen atoms in total. The number of aryl methyl sites for hydroxylation is 1. The molecule has 0 spiro atoms. The summed E-state index contributed by atoms with van der Waals surface area (Å²) in [5, 5.41) is 0. The van der Waals surface area contributed by atoms with Crippen molar-refractivity contribution in [3.05, 3.63) is 76.5 Å². The molecule has 1 fully saturated rings. The van der Waals surface area contributed by atoms with Crippen LogP contribution in [0.5, 0.6) is 0 Å². The molecule has 0 bridgehead atoms. The van der Waals surface area contributed by atoms with Crippen LogP contribution in [0.2, 0.25) is 0 Å². The minimum absolute atomic E-state index is 0.200. The first-order chi connectivity index (χ1) is 14.8. The molecule has 1 saturated heterocycles. The number of piperidine rings is 1. The first-order valence-electron chi connectivity index (χ1n) is 10.3. The molecule has 2 aromatic carbocycles. The van der Waals surface area contributed by atoms with Gasteiger partial charge in [-0.25, -0.2) is 0 Å². The number of rotatable bonds is 4. The van der Waals surface area contributed by atoms with Crippen LogP contribution in [0.1, 0.15) is 41.5 Å². The van der Waals surface area contributed by atoms with E-state index in [9.17, 15) is 22.8 Å². The zero-order valence-corrected chi connectivity index (χ0v) is 17.2. The highest BCUT2D eigenvalue weighted by Gasteiger charge is 2.42. The molecule has 0 atom stereocenters. The van der Waals surface area contributed by atoms with Crippen molar-refractivity contribution in [1.82, 2.24) is 9.80 Å². The average Bonchev–Trinajstić information content (AvgIpc) is 2.99. The summed E-state index contributed by atoms with van der Waals surface area (Å²) in [5.41, 5.74) is 1.84. The Hall–Kier alpha value is -3.09. The molecule has 0 N–H and O–H groups in total. The van der Waals surface area contributed by atoms with Gasteiger partial charge in [0.1, 0.15) is 5.70 Å². The van der Waals surface area contributed by atoms with Crippen LogP contribution in [-0.4, -0.2) is 34.7 Å². The van der Waals surface area contributed by atoms with Crippen molar-refractivity contribution >= 4 is 17.4 Å². The van der Waals surface area contributed by atoms with E-state index in [0.29, 0.717) is 29.9 Å². The van der Waals surface area contributed by atoms with Crippen molar-refractivity contribution in [2.75, 3.05) is 13.1 Å². The minimum Gasteiger partial charge on any atom is -0.366 e. The lowest BCUT2D eigenvalue weighted by Crippen LogP contribution is -2.36. The first-order valence-corrected chi connectivity index (χ1v) is 10.3. The van der Waals surface area contributed by atoms with Crippen LogP contribution >= 0.6 is 0 Å². The fourth-order valence-electron chi connectivity index (χ4n) is 4.13. The maximum atomic E-state index is 13.3. The monoisotopic (exact) mass is 428 g/mol. The summed E-state index contributed by atoms with van der Waals surface area (Å²) in [6, 6.07) is 12.1. The number of halogens is 3. The van der Waals surface area contributed by atoms with Crippen molar-refractivity contribution < 1.29 is 22.8 Å². The highest BCUT2D eigenvalue weighted by molar-refractivity contribution is 6.35. The van der Waals surface area contributed by atoms with Gasteiger partial charge in [0, 0.05) is 13.1 Å². The Morgan fingerprint density at radius 1 is 0.903 bits per heavy atom. The van der Waals surface area contributed by atoms with E-state index < -0.39 is 23.6 Å². The summed E-state index contributed by atoms with van der Waals surface area (Å²) >= 11 is 0. The Morgan fingerprint density at radius 2 is 1.58 bits per heavy atom. The number of carbonyl (C=O) groups is 2. The predicted octanol–water partition coefficient (Wildman–Crippen LogP) is 4.78. The van der Waals surface area contributed by atoms with E-state index in [-0.39, 0.29) is 12.1 Å². The third kappa shape index (κ3) is 4.22. The lowest BCUT2D eigenvalue weighted by molar-refractivity contribution is -0.138. The Bertz CT molecular complexity index is 1040. The number of carbonyl (C=O) groups excluding carboxylic acids is 2. The number of benzene rings is 2. The minimum atomic E-state index is -4.49. The van der Waals surface area contributed by atoms with Crippen molar-refractivity contribution in [2.24, 2.45) is 0 Å². The van der Waals surface area contributed by atoms with Gasteiger partial charge >= 0.3 is 6.18 Å². The quantitative estimate of drug-likeness (QED) is 0.658. The third-order valence-corrected chi connectivity index (χ3v) is 5.75. The molecule has 2 aliphatic rings. The van der Waals surface area contributed by atoms with E-state index in [4.69, 9.17) is 0 Å². The van der Waals surface area contributed by atoms with E-state index in [2.05, 4.69) is 0 Å². The number of amides is 2. The van der Waals surface area contributed by atoms with Crippen molar-refractivity contribution in [3.63, 3.8) is 0 Å². The summed E-state index contributed by atoms with van der Waals surface area (Å²) in [6.07, 6.45) is -1.56. The number of alkyl halides is 3. The maximum Gasteiger partial charge on any atom is 0.416 e. The van der Waals surface area contributed by atoms with Crippen LogP contribution in [0.3, 0.4) is 0 Å². The van der Waals surface area contributed by atoms with Crippen molar-refractivity contribution in [1.29, 1.82) is 0 Å². The molecule has 2 aromatic rings. The molecule has 0 unspecified atom stereocenters. The second-order valence-corrected chi connectivity index (χ2v) is 8.03. The predicted molar refractivity (Wildman–Crippen MR) is 111 cm³/mol. The highest BCUT2D eigenvalue weighted by Crippen LogP contribution is 2.35. The van der Waals surface area contributed by atoms with Crippen molar-refractivity contribution in [3.8, 4) is 0 Å². The van der Waals surface area contributed by atoms with Crippen LogP contribution in [0.4, 0.5) is 13.2 Å². The Kier molecular flexibility index (Phi) is 5.60. The van der Waals surface area contributed by atoms with E-state index >= 15 is 0 Å². The highest BCUT2D eigenvalue weighted by atomic mass is 19.4. The zero-order chi connectivity index (χ0) is 22.2. The molecule has 0 aromatic heterocycles. The van der Waals surface area contributed by atoms with Crippen molar-refractivity contribution in [2.45, 2.75) is 38.9 Å². The fraction of sp³-hybridized carbons (Fsp3) is 0.333. The first kappa shape index (κ1) is 21.2. The molecule has 2 heterocycles. The number of imide groups is 1. The standard InChI is InChI=1S/C24H23F3N2O2/c1-16-8-10-18(11-9-16)20-21(28-12-3-2-4-13-28)23(31)29(22(20)30)15-17-6-5-7-19(14-17)24(25,26)27/h5-11,14H,2-4,12-13,15H2,1H3. The summed E-state index contributed by atoms with van der Waals surface area (Å²) in [6.45, 7) is 3.10. The van der Waals surface area contributed by atoms with Gasteiger partial charge in [-0.3, -0.25) is 14.5 Å². The molecular weight excluding hydrogens is 405 g/mol. The van der Waals surface area contributed by atoms with Crippen LogP contribution in [-0.2, 0) is 22.3 Å².